The summed E-state index contributed by atoms with van der Waals surface area (Å²) in [5.41, 5.74) is 1.26. The first-order chi connectivity index (χ1) is 7.40. The summed E-state index contributed by atoms with van der Waals surface area (Å²) in [7, 11) is 0. The Hall–Kier alpha value is -1.09. The van der Waals surface area contributed by atoms with Gasteiger partial charge in [-0.1, -0.05) is 6.92 Å². The van der Waals surface area contributed by atoms with E-state index < -0.39 is 0 Å². The Morgan fingerprint density at radius 3 is 2.67 bits per heavy atom. The van der Waals surface area contributed by atoms with Crippen LogP contribution in [0.15, 0.2) is 24.5 Å². The summed E-state index contributed by atoms with van der Waals surface area (Å²) in [5.74, 6) is 0. The van der Waals surface area contributed by atoms with Gasteiger partial charge in [-0.05, 0) is 25.1 Å². The summed E-state index contributed by atoms with van der Waals surface area (Å²) in [6.07, 6.45) is 5.04. The lowest BCUT2D eigenvalue weighted by Crippen LogP contribution is -2.46. The molecule has 15 heavy (non-hydrogen) atoms. The molecule has 2 rings (SSSR count). The molecule has 0 N–H and O–H groups in total. The van der Waals surface area contributed by atoms with E-state index in [4.69, 9.17) is 0 Å². The summed E-state index contributed by atoms with van der Waals surface area (Å²) in [4.78, 5) is 9.11. The third-order valence-corrected chi connectivity index (χ3v) is 2.92. The lowest BCUT2D eigenvalue weighted by molar-refractivity contribution is 0.258. The molecule has 0 aliphatic carbocycles. The molecule has 82 valence electrons. The minimum atomic E-state index is 1.13. The molecule has 0 spiro atoms. The van der Waals surface area contributed by atoms with E-state index in [0.29, 0.717) is 0 Å². The highest BCUT2D eigenvalue weighted by Gasteiger charge is 2.15. The maximum Gasteiger partial charge on any atom is 0.0553 e. The highest BCUT2D eigenvalue weighted by molar-refractivity contribution is 5.43. The first-order valence-corrected chi connectivity index (χ1v) is 5.77. The van der Waals surface area contributed by atoms with Crippen LogP contribution in [0, 0.1) is 0 Å². The normalized spacial score (nSPS) is 18.1. The lowest BCUT2D eigenvalue weighted by atomic mass is 10.2. The quantitative estimate of drug-likeness (QED) is 0.747. The highest BCUT2D eigenvalue weighted by Crippen LogP contribution is 2.14. The molecule has 0 aromatic carbocycles. The second kappa shape index (κ2) is 5.12. The van der Waals surface area contributed by atoms with E-state index in [1.165, 1.54) is 31.7 Å². The van der Waals surface area contributed by atoms with Gasteiger partial charge >= 0.3 is 0 Å². The van der Waals surface area contributed by atoms with Gasteiger partial charge in [0, 0.05) is 32.4 Å². The van der Waals surface area contributed by atoms with Crippen molar-refractivity contribution in [2.75, 3.05) is 37.6 Å². The van der Waals surface area contributed by atoms with Crippen LogP contribution >= 0.6 is 0 Å². The summed E-state index contributed by atoms with van der Waals surface area (Å²) in [6, 6.07) is 4.15. The predicted molar refractivity (Wildman–Crippen MR) is 63.2 cm³/mol. The SMILES string of the molecule is CCCN1CCN(c2cccnc2)CC1. The largest absolute Gasteiger partial charge is 0.368 e. The molecule has 0 saturated carbocycles. The Morgan fingerprint density at radius 1 is 1.27 bits per heavy atom. The molecular formula is C12H19N3. The van der Waals surface area contributed by atoms with E-state index in [-0.39, 0.29) is 0 Å². The van der Waals surface area contributed by atoms with Crippen LogP contribution in [-0.2, 0) is 0 Å². The fourth-order valence-corrected chi connectivity index (χ4v) is 2.09. The Kier molecular flexibility index (Phi) is 3.56. The molecule has 0 unspecified atom stereocenters. The number of nitrogens with zero attached hydrogens (tertiary/aromatic N) is 3. The number of piperazine rings is 1. The number of hydrogen-bond acceptors (Lipinski definition) is 3. The molecule has 1 saturated heterocycles. The third-order valence-electron chi connectivity index (χ3n) is 2.92. The molecule has 0 atom stereocenters. The molecule has 3 nitrogen and oxygen atoms in total. The molecule has 0 bridgehead atoms. The fourth-order valence-electron chi connectivity index (χ4n) is 2.09. The van der Waals surface area contributed by atoms with Gasteiger partial charge in [0.1, 0.15) is 0 Å². The van der Waals surface area contributed by atoms with E-state index >= 15 is 0 Å². The zero-order valence-electron chi connectivity index (χ0n) is 9.39. The fraction of sp³-hybridized carbons (Fsp3) is 0.583. The summed E-state index contributed by atoms with van der Waals surface area (Å²) in [6.45, 7) is 8.11. The average molecular weight is 205 g/mol. The van der Waals surface area contributed by atoms with Crippen molar-refractivity contribution < 1.29 is 0 Å². The summed E-state index contributed by atoms with van der Waals surface area (Å²) >= 11 is 0. The van der Waals surface area contributed by atoms with Crippen LogP contribution in [0.5, 0.6) is 0 Å². The van der Waals surface area contributed by atoms with Gasteiger partial charge in [0.2, 0.25) is 0 Å². The number of pyridine rings is 1. The van der Waals surface area contributed by atoms with Gasteiger partial charge in [0.05, 0.1) is 11.9 Å². The van der Waals surface area contributed by atoms with E-state index in [1.807, 2.05) is 18.5 Å². The van der Waals surface area contributed by atoms with Crippen LogP contribution < -0.4 is 4.90 Å². The Morgan fingerprint density at radius 2 is 2.07 bits per heavy atom. The van der Waals surface area contributed by atoms with Crippen LogP contribution in [0.4, 0.5) is 5.69 Å². The molecule has 1 aromatic rings. The van der Waals surface area contributed by atoms with E-state index in [1.54, 1.807) is 0 Å². The Labute approximate surface area is 91.7 Å². The second-order valence-electron chi connectivity index (χ2n) is 4.04. The molecule has 1 aliphatic rings. The first-order valence-electron chi connectivity index (χ1n) is 5.77. The number of anilines is 1. The van der Waals surface area contributed by atoms with Crippen molar-refractivity contribution in [3.05, 3.63) is 24.5 Å². The maximum absolute atomic E-state index is 4.16. The van der Waals surface area contributed by atoms with Gasteiger partial charge < -0.3 is 4.90 Å². The number of hydrogen-bond donors (Lipinski definition) is 0. The first kappa shape index (κ1) is 10.4. The summed E-state index contributed by atoms with van der Waals surface area (Å²) in [5, 5.41) is 0. The van der Waals surface area contributed by atoms with Gasteiger partial charge in [-0.3, -0.25) is 9.88 Å². The Bertz CT molecular complexity index is 278. The van der Waals surface area contributed by atoms with E-state index in [0.717, 1.165) is 13.1 Å². The minimum Gasteiger partial charge on any atom is -0.368 e. The van der Waals surface area contributed by atoms with Crippen LogP contribution in [0.2, 0.25) is 0 Å². The van der Waals surface area contributed by atoms with Crippen molar-refractivity contribution in [2.45, 2.75) is 13.3 Å². The van der Waals surface area contributed by atoms with Gasteiger partial charge in [-0.15, -0.1) is 0 Å². The number of rotatable bonds is 3. The highest BCUT2D eigenvalue weighted by atomic mass is 15.3. The molecule has 2 heterocycles. The second-order valence-corrected chi connectivity index (χ2v) is 4.04. The summed E-state index contributed by atoms with van der Waals surface area (Å²) < 4.78 is 0. The average Bonchev–Trinajstić information content (AvgIpc) is 2.32. The van der Waals surface area contributed by atoms with Crippen molar-refractivity contribution in [3.63, 3.8) is 0 Å². The zero-order valence-corrected chi connectivity index (χ0v) is 9.39. The third kappa shape index (κ3) is 2.69. The lowest BCUT2D eigenvalue weighted by Gasteiger charge is -2.35. The molecule has 3 heteroatoms. The number of aromatic nitrogens is 1. The molecule has 1 aliphatic heterocycles. The van der Waals surface area contributed by atoms with Crippen molar-refractivity contribution >= 4 is 5.69 Å². The van der Waals surface area contributed by atoms with Crippen molar-refractivity contribution in [3.8, 4) is 0 Å². The van der Waals surface area contributed by atoms with Gasteiger partial charge in [-0.2, -0.15) is 0 Å². The molecule has 0 radical (unpaired) electrons. The van der Waals surface area contributed by atoms with Gasteiger partial charge in [-0.25, -0.2) is 0 Å². The van der Waals surface area contributed by atoms with E-state index in [2.05, 4.69) is 27.8 Å². The topological polar surface area (TPSA) is 19.4 Å². The maximum atomic E-state index is 4.16. The van der Waals surface area contributed by atoms with Crippen molar-refractivity contribution in [2.24, 2.45) is 0 Å². The smallest absolute Gasteiger partial charge is 0.0553 e. The van der Waals surface area contributed by atoms with Gasteiger partial charge in [0.15, 0.2) is 0 Å². The van der Waals surface area contributed by atoms with Crippen LogP contribution in [-0.4, -0.2) is 42.6 Å². The Balaban J connectivity index is 1.88. The van der Waals surface area contributed by atoms with Crippen molar-refractivity contribution in [1.82, 2.24) is 9.88 Å². The van der Waals surface area contributed by atoms with E-state index in [9.17, 15) is 0 Å². The molecule has 0 amide bonds. The monoisotopic (exact) mass is 205 g/mol. The molecule has 1 fully saturated rings. The van der Waals surface area contributed by atoms with Crippen LogP contribution in [0.3, 0.4) is 0 Å². The standard InChI is InChI=1S/C12H19N3/c1-2-6-14-7-9-15(10-8-14)12-4-3-5-13-11-12/h3-5,11H,2,6-10H2,1H3. The van der Waals surface area contributed by atoms with Crippen molar-refractivity contribution in [1.29, 1.82) is 0 Å². The molecular weight excluding hydrogens is 186 g/mol. The van der Waals surface area contributed by atoms with Crippen LogP contribution in [0.25, 0.3) is 0 Å². The van der Waals surface area contributed by atoms with Crippen LogP contribution in [0.1, 0.15) is 13.3 Å². The van der Waals surface area contributed by atoms with Gasteiger partial charge in [0.25, 0.3) is 0 Å². The predicted octanol–water partition coefficient (Wildman–Crippen LogP) is 1.61. The zero-order chi connectivity index (χ0) is 10.5. The molecule has 1 aromatic heterocycles. The minimum absolute atomic E-state index is 1.13.